The van der Waals surface area contributed by atoms with Crippen molar-refractivity contribution in [3.8, 4) is 0 Å². The number of benzene rings is 1. The van der Waals surface area contributed by atoms with Gasteiger partial charge < -0.3 is 5.32 Å². The molecular weight excluding hydrogens is 194 g/mol. The Kier molecular flexibility index (Phi) is 6.17. The molecule has 0 spiro atoms. The molecule has 1 aromatic carbocycles. The van der Waals surface area contributed by atoms with E-state index in [-0.39, 0.29) is 0 Å². The van der Waals surface area contributed by atoms with Crippen molar-refractivity contribution in [1.82, 2.24) is 5.32 Å². The summed E-state index contributed by atoms with van der Waals surface area (Å²) in [7, 11) is 0. The van der Waals surface area contributed by atoms with Crippen LogP contribution in [0.5, 0.6) is 0 Å². The second-order valence-electron chi connectivity index (χ2n) is 4.65. The van der Waals surface area contributed by atoms with Crippen molar-refractivity contribution >= 4 is 0 Å². The Labute approximate surface area is 100 Å². The maximum absolute atomic E-state index is 3.58. The van der Waals surface area contributed by atoms with Gasteiger partial charge in [-0.05, 0) is 32.4 Å². The van der Waals surface area contributed by atoms with Gasteiger partial charge in [0.1, 0.15) is 0 Å². The van der Waals surface area contributed by atoms with E-state index in [4.69, 9.17) is 0 Å². The molecule has 1 atom stereocenters. The van der Waals surface area contributed by atoms with Crippen LogP contribution in [0.15, 0.2) is 24.3 Å². The van der Waals surface area contributed by atoms with Gasteiger partial charge in [-0.3, -0.25) is 0 Å². The van der Waals surface area contributed by atoms with Gasteiger partial charge in [-0.2, -0.15) is 0 Å². The smallest absolute Gasteiger partial charge is 0.0291 e. The summed E-state index contributed by atoms with van der Waals surface area (Å²) < 4.78 is 0. The molecule has 0 saturated carbocycles. The van der Waals surface area contributed by atoms with E-state index in [0.29, 0.717) is 6.04 Å². The van der Waals surface area contributed by atoms with Gasteiger partial charge in [0.05, 0.1) is 0 Å². The molecule has 0 saturated heterocycles. The Hall–Kier alpha value is -0.820. The van der Waals surface area contributed by atoms with Crippen LogP contribution >= 0.6 is 0 Å². The molecule has 0 radical (unpaired) electrons. The highest BCUT2D eigenvalue weighted by atomic mass is 14.9. The molecule has 0 bridgehead atoms. The summed E-state index contributed by atoms with van der Waals surface area (Å²) in [6, 6.07) is 9.29. The maximum Gasteiger partial charge on any atom is 0.0291 e. The van der Waals surface area contributed by atoms with Crippen LogP contribution in [0.2, 0.25) is 0 Å². The van der Waals surface area contributed by atoms with Crippen molar-refractivity contribution in [2.75, 3.05) is 6.54 Å². The van der Waals surface area contributed by atoms with Crippen molar-refractivity contribution < 1.29 is 0 Å². The first-order valence-corrected chi connectivity index (χ1v) is 6.54. The Bertz CT molecular complexity index is 276. The van der Waals surface area contributed by atoms with E-state index in [1.807, 2.05) is 0 Å². The Morgan fingerprint density at radius 2 is 1.75 bits per heavy atom. The van der Waals surface area contributed by atoms with Crippen LogP contribution in [0.1, 0.15) is 56.7 Å². The van der Waals surface area contributed by atoms with E-state index >= 15 is 0 Å². The summed E-state index contributed by atoms with van der Waals surface area (Å²) in [6.07, 6.45) is 5.32. The van der Waals surface area contributed by atoms with Crippen LogP contribution in [0.3, 0.4) is 0 Å². The fourth-order valence-electron chi connectivity index (χ4n) is 1.84. The molecule has 1 N–H and O–H groups in total. The lowest BCUT2D eigenvalue weighted by molar-refractivity contribution is 0.536. The number of hydrogen-bond acceptors (Lipinski definition) is 1. The molecule has 0 aliphatic carbocycles. The molecule has 0 fully saturated rings. The van der Waals surface area contributed by atoms with Crippen molar-refractivity contribution in [3.63, 3.8) is 0 Å². The Balaban J connectivity index is 2.24. The molecule has 0 amide bonds. The lowest BCUT2D eigenvalue weighted by Crippen LogP contribution is -2.19. The molecule has 0 aromatic heterocycles. The van der Waals surface area contributed by atoms with Gasteiger partial charge in [-0.15, -0.1) is 0 Å². The first kappa shape index (κ1) is 13.2. The van der Waals surface area contributed by atoms with E-state index in [0.717, 1.165) is 6.54 Å². The SMILES string of the molecule is CCCCCCNC(C)c1ccc(C)cc1. The maximum atomic E-state index is 3.58. The van der Waals surface area contributed by atoms with Crippen LogP contribution in [0, 0.1) is 6.92 Å². The minimum absolute atomic E-state index is 0.474. The zero-order valence-electron chi connectivity index (χ0n) is 10.9. The van der Waals surface area contributed by atoms with E-state index < -0.39 is 0 Å². The number of nitrogens with one attached hydrogen (secondary N) is 1. The van der Waals surface area contributed by atoms with Crippen LogP contribution in [-0.4, -0.2) is 6.54 Å². The molecule has 1 heteroatoms. The Morgan fingerprint density at radius 3 is 2.38 bits per heavy atom. The molecule has 90 valence electrons. The summed E-state index contributed by atoms with van der Waals surface area (Å²) in [5, 5.41) is 3.58. The molecule has 1 nitrogen and oxygen atoms in total. The highest BCUT2D eigenvalue weighted by molar-refractivity contribution is 5.23. The minimum atomic E-state index is 0.474. The predicted octanol–water partition coefficient (Wildman–Crippen LogP) is 4.23. The fraction of sp³-hybridized carbons (Fsp3) is 0.600. The summed E-state index contributed by atoms with van der Waals surface area (Å²) in [5.74, 6) is 0. The first-order valence-electron chi connectivity index (χ1n) is 6.54. The van der Waals surface area contributed by atoms with Crippen LogP contribution < -0.4 is 5.32 Å². The molecule has 1 unspecified atom stereocenters. The first-order chi connectivity index (χ1) is 7.74. The average Bonchev–Trinajstić information content (AvgIpc) is 2.29. The van der Waals surface area contributed by atoms with Crippen LogP contribution in [0.25, 0.3) is 0 Å². The topological polar surface area (TPSA) is 12.0 Å². The van der Waals surface area contributed by atoms with Gasteiger partial charge in [0.15, 0.2) is 0 Å². The normalized spacial score (nSPS) is 12.7. The highest BCUT2D eigenvalue weighted by Crippen LogP contribution is 2.13. The van der Waals surface area contributed by atoms with Gasteiger partial charge in [-0.1, -0.05) is 56.0 Å². The molecule has 0 heterocycles. The number of rotatable bonds is 7. The second kappa shape index (κ2) is 7.45. The van der Waals surface area contributed by atoms with Crippen LogP contribution in [-0.2, 0) is 0 Å². The van der Waals surface area contributed by atoms with Crippen molar-refractivity contribution in [2.24, 2.45) is 0 Å². The van der Waals surface area contributed by atoms with Gasteiger partial charge in [-0.25, -0.2) is 0 Å². The van der Waals surface area contributed by atoms with Gasteiger partial charge in [0.2, 0.25) is 0 Å². The third kappa shape index (κ3) is 4.80. The number of aryl methyl sites for hydroxylation is 1. The third-order valence-corrected chi connectivity index (χ3v) is 3.06. The third-order valence-electron chi connectivity index (χ3n) is 3.06. The van der Waals surface area contributed by atoms with Gasteiger partial charge >= 0.3 is 0 Å². The predicted molar refractivity (Wildman–Crippen MR) is 71.7 cm³/mol. The Morgan fingerprint density at radius 1 is 1.06 bits per heavy atom. The van der Waals surface area contributed by atoms with Crippen molar-refractivity contribution in [2.45, 2.75) is 52.5 Å². The fourth-order valence-corrected chi connectivity index (χ4v) is 1.84. The zero-order valence-corrected chi connectivity index (χ0v) is 10.9. The summed E-state index contributed by atoms with van der Waals surface area (Å²) in [5.41, 5.74) is 2.72. The lowest BCUT2D eigenvalue weighted by atomic mass is 10.1. The van der Waals surface area contributed by atoms with Crippen molar-refractivity contribution in [3.05, 3.63) is 35.4 Å². The molecule has 0 aliphatic rings. The number of unbranched alkanes of at least 4 members (excludes halogenated alkanes) is 3. The zero-order chi connectivity index (χ0) is 11.8. The van der Waals surface area contributed by atoms with Crippen molar-refractivity contribution in [1.29, 1.82) is 0 Å². The van der Waals surface area contributed by atoms with E-state index in [1.165, 1.54) is 36.8 Å². The molecule has 1 aromatic rings. The number of hydrogen-bond donors (Lipinski definition) is 1. The molecule has 1 rings (SSSR count). The molecule has 16 heavy (non-hydrogen) atoms. The minimum Gasteiger partial charge on any atom is -0.310 e. The summed E-state index contributed by atoms with van der Waals surface area (Å²) >= 11 is 0. The standard InChI is InChI=1S/C15H25N/c1-4-5-6-7-12-16-14(3)15-10-8-13(2)9-11-15/h8-11,14,16H,4-7,12H2,1-3H3. The van der Waals surface area contributed by atoms with Crippen LogP contribution in [0.4, 0.5) is 0 Å². The van der Waals surface area contributed by atoms with Gasteiger partial charge in [0.25, 0.3) is 0 Å². The quantitative estimate of drug-likeness (QED) is 0.677. The molecular formula is C15H25N. The highest BCUT2D eigenvalue weighted by Gasteiger charge is 2.02. The average molecular weight is 219 g/mol. The summed E-state index contributed by atoms with van der Waals surface area (Å²) in [6.45, 7) is 7.76. The van der Waals surface area contributed by atoms with Gasteiger partial charge in [0, 0.05) is 6.04 Å². The largest absolute Gasteiger partial charge is 0.310 e. The van der Waals surface area contributed by atoms with E-state index in [1.54, 1.807) is 0 Å². The monoisotopic (exact) mass is 219 g/mol. The second-order valence-corrected chi connectivity index (χ2v) is 4.65. The lowest BCUT2D eigenvalue weighted by Gasteiger charge is -2.14. The molecule has 0 aliphatic heterocycles. The summed E-state index contributed by atoms with van der Waals surface area (Å²) in [4.78, 5) is 0. The van der Waals surface area contributed by atoms with E-state index in [9.17, 15) is 0 Å². The van der Waals surface area contributed by atoms with E-state index in [2.05, 4.69) is 50.4 Å².